The van der Waals surface area contributed by atoms with E-state index in [0.717, 1.165) is 5.69 Å². The predicted molar refractivity (Wildman–Crippen MR) is 52.0 cm³/mol. The minimum absolute atomic E-state index is 0.0730. The number of carbonyl (C=O) groups is 1. The molecule has 1 rings (SSSR count). The van der Waals surface area contributed by atoms with Crippen molar-refractivity contribution < 1.29 is 9.21 Å². The quantitative estimate of drug-likeness (QED) is 0.733. The Hall–Kier alpha value is -1.36. The maximum Gasteiger partial charge on any atom is 0.307 e. The summed E-state index contributed by atoms with van der Waals surface area (Å²) in [6.45, 7) is 5.79. The Bertz CT molecular complexity index is 311. The van der Waals surface area contributed by atoms with Gasteiger partial charge in [-0.3, -0.25) is 4.79 Å². The minimum atomic E-state index is -0.321. The second-order valence-electron chi connectivity index (χ2n) is 3.35. The Labute approximate surface area is 82.7 Å². The number of oxazole rings is 1. The van der Waals surface area contributed by atoms with Gasteiger partial charge in [0.2, 0.25) is 0 Å². The Morgan fingerprint density at radius 1 is 1.64 bits per heavy atom. The van der Waals surface area contributed by atoms with E-state index in [4.69, 9.17) is 10.2 Å². The molecule has 1 aromatic rings. The van der Waals surface area contributed by atoms with E-state index in [9.17, 15) is 4.79 Å². The van der Waals surface area contributed by atoms with Gasteiger partial charge in [-0.2, -0.15) is 0 Å². The summed E-state index contributed by atoms with van der Waals surface area (Å²) in [5.74, 6) is 0.440. The van der Waals surface area contributed by atoms with Crippen molar-refractivity contribution in [2.75, 3.05) is 6.54 Å². The third kappa shape index (κ3) is 2.56. The third-order valence-electron chi connectivity index (χ3n) is 1.81. The molecular weight excluding hydrogens is 182 g/mol. The van der Waals surface area contributed by atoms with E-state index in [1.165, 1.54) is 0 Å². The first kappa shape index (κ1) is 10.7. The molecule has 1 amide bonds. The summed E-state index contributed by atoms with van der Waals surface area (Å²) in [6.07, 6.45) is 0. The van der Waals surface area contributed by atoms with Crippen molar-refractivity contribution in [3.8, 4) is 0 Å². The molecular formula is C9H15N3O2. The highest BCUT2D eigenvalue weighted by atomic mass is 16.4. The van der Waals surface area contributed by atoms with Crippen LogP contribution in [0.1, 0.15) is 29.1 Å². The highest BCUT2D eigenvalue weighted by Crippen LogP contribution is 2.07. The molecule has 0 aromatic carbocycles. The number of hydrogen-bond donors (Lipinski definition) is 2. The molecule has 0 aliphatic rings. The lowest BCUT2D eigenvalue weighted by Crippen LogP contribution is -2.35. The fourth-order valence-corrected chi connectivity index (χ4v) is 0.899. The second kappa shape index (κ2) is 4.23. The molecule has 0 radical (unpaired) electrons. The molecule has 0 saturated heterocycles. The van der Waals surface area contributed by atoms with Gasteiger partial charge in [-0.05, 0) is 20.8 Å². The zero-order chi connectivity index (χ0) is 10.7. The van der Waals surface area contributed by atoms with Crippen molar-refractivity contribution in [2.24, 2.45) is 5.73 Å². The lowest BCUT2D eigenvalue weighted by molar-refractivity contribution is 0.0916. The van der Waals surface area contributed by atoms with Crippen LogP contribution in [0.5, 0.6) is 0 Å². The molecule has 1 heterocycles. The van der Waals surface area contributed by atoms with Gasteiger partial charge in [0.25, 0.3) is 5.89 Å². The maximum atomic E-state index is 11.4. The van der Waals surface area contributed by atoms with Gasteiger partial charge < -0.3 is 15.5 Å². The third-order valence-corrected chi connectivity index (χ3v) is 1.81. The van der Waals surface area contributed by atoms with Crippen LogP contribution in [-0.4, -0.2) is 23.5 Å². The number of aromatic nitrogens is 1. The fraction of sp³-hybridized carbons (Fsp3) is 0.556. The number of hydrogen-bond acceptors (Lipinski definition) is 4. The molecule has 0 saturated carbocycles. The van der Waals surface area contributed by atoms with Gasteiger partial charge in [0, 0.05) is 12.6 Å². The Kier molecular flexibility index (Phi) is 3.24. The molecule has 1 atom stereocenters. The van der Waals surface area contributed by atoms with Gasteiger partial charge in [-0.1, -0.05) is 0 Å². The predicted octanol–water partition coefficient (Wildman–Crippen LogP) is 0.368. The van der Waals surface area contributed by atoms with Crippen LogP contribution >= 0.6 is 0 Å². The Balaban J connectivity index is 2.61. The summed E-state index contributed by atoms with van der Waals surface area (Å²) in [5, 5.41) is 2.62. The summed E-state index contributed by atoms with van der Waals surface area (Å²) in [5.41, 5.74) is 6.22. The molecule has 78 valence electrons. The number of nitrogens with one attached hydrogen (secondary N) is 1. The van der Waals surface area contributed by atoms with Crippen molar-refractivity contribution >= 4 is 5.91 Å². The minimum Gasteiger partial charge on any atom is -0.438 e. The number of rotatable bonds is 3. The van der Waals surface area contributed by atoms with Crippen LogP contribution in [0.25, 0.3) is 0 Å². The van der Waals surface area contributed by atoms with Crippen molar-refractivity contribution in [3.05, 3.63) is 17.3 Å². The van der Waals surface area contributed by atoms with Crippen LogP contribution in [0.3, 0.4) is 0 Å². The van der Waals surface area contributed by atoms with Gasteiger partial charge >= 0.3 is 5.91 Å². The van der Waals surface area contributed by atoms with E-state index in [1.54, 1.807) is 13.8 Å². The van der Waals surface area contributed by atoms with Gasteiger partial charge in [0.05, 0.1) is 5.69 Å². The molecule has 1 unspecified atom stereocenters. The lowest BCUT2D eigenvalue weighted by atomic mass is 10.3. The standard InChI is InChI=1S/C9H15N3O2/c1-5(10)4-11-8(13)9-12-6(2)7(3)14-9/h5H,4,10H2,1-3H3,(H,11,13). The first-order chi connectivity index (χ1) is 6.50. The van der Waals surface area contributed by atoms with E-state index in [-0.39, 0.29) is 17.8 Å². The molecule has 0 bridgehead atoms. The Morgan fingerprint density at radius 2 is 2.29 bits per heavy atom. The van der Waals surface area contributed by atoms with E-state index in [2.05, 4.69) is 10.3 Å². The zero-order valence-corrected chi connectivity index (χ0v) is 8.63. The number of amides is 1. The van der Waals surface area contributed by atoms with Crippen molar-refractivity contribution in [2.45, 2.75) is 26.8 Å². The number of nitrogens with two attached hydrogens (primary N) is 1. The monoisotopic (exact) mass is 197 g/mol. The average Bonchev–Trinajstić information content (AvgIpc) is 2.43. The summed E-state index contributed by atoms with van der Waals surface area (Å²) in [7, 11) is 0. The SMILES string of the molecule is Cc1nc(C(=O)NCC(C)N)oc1C. The molecule has 3 N–H and O–H groups in total. The largest absolute Gasteiger partial charge is 0.438 e. The van der Waals surface area contributed by atoms with Crippen molar-refractivity contribution in [1.82, 2.24) is 10.3 Å². The molecule has 1 aromatic heterocycles. The first-order valence-electron chi connectivity index (χ1n) is 4.48. The molecule has 0 fully saturated rings. The molecule has 0 spiro atoms. The van der Waals surface area contributed by atoms with Crippen LogP contribution in [0, 0.1) is 13.8 Å². The van der Waals surface area contributed by atoms with Gasteiger partial charge in [0.15, 0.2) is 0 Å². The lowest BCUT2D eigenvalue weighted by Gasteiger charge is -2.04. The first-order valence-corrected chi connectivity index (χ1v) is 4.48. The van der Waals surface area contributed by atoms with E-state index >= 15 is 0 Å². The summed E-state index contributed by atoms with van der Waals surface area (Å²) in [4.78, 5) is 15.4. The van der Waals surface area contributed by atoms with Crippen LogP contribution in [-0.2, 0) is 0 Å². The molecule has 5 nitrogen and oxygen atoms in total. The van der Waals surface area contributed by atoms with Crippen LogP contribution in [0.4, 0.5) is 0 Å². The summed E-state index contributed by atoms with van der Waals surface area (Å²) in [6, 6.07) is -0.0730. The van der Waals surface area contributed by atoms with Gasteiger partial charge in [0.1, 0.15) is 5.76 Å². The van der Waals surface area contributed by atoms with Crippen molar-refractivity contribution in [1.29, 1.82) is 0 Å². The molecule has 0 aliphatic heterocycles. The number of carbonyl (C=O) groups excluding carboxylic acids is 1. The molecule has 5 heteroatoms. The molecule has 14 heavy (non-hydrogen) atoms. The highest BCUT2D eigenvalue weighted by molar-refractivity contribution is 5.89. The van der Waals surface area contributed by atoms with Crippen LogP contribution in [0.2, 0.25) is 0 Å². The van der Waals surface area contributed by atoms with E-state index < -0.39 is 0 Å². The summed E-state index contributed by atoms with van der Waals surface area (Å²) < 4.78 is 5.14. The normalized spacial score (nSPS) is 12.6. The second-order valence-corrected chi connectivity index (χ2v) is 3.35. The van der Waals surface area contributed by atoms with Crippen LogP contribution < -0.4 is 11.1 Å². The van der Waals surface area contributed by atoms with Gasteiger partial charge in [-0.25, -0.2) is 4.98 Å². The van der Waals surface area contributed by atoms with E-state index in [0.29, 0.717) is 12.3 Å². The van der Waals surface area contributed by atoms with Gasteiger partial charge in [-0.15, -0.1) is 0 Å². The topological polar surface area (TPSA) is 81.2 Å². The van der Waals surface area contributed by atoms with E-state index in [1.807, 2.05) is 6.92 Å². The Morgan fingerprint density at radius 3 is 2.71 bits per heavy atom. The maximum absolute atomic E-state index is 11.4. The average molecular weight is 197 g/mol. The van der Waals surface area contributed by atoms with Crippen molar-refractivity contribution in [3.63, 3.8) is 0 Å². The fourth-order valence-electron chi connectivity index (χ4n) is 0.899. The summed E-state index contributed by atoms with van der Waals surface area (Å²) >= 11 is 0. The smallest absolute Gasteiger partial charge is 0.307 e. The highest BCUT2D eigenvalue weighted by Gasteiger charge is 2.13. The van der Waals surface area contributed by atoms with Crippen LogP contribution in [0.15, 0.2) is 4.42 Å². The number of aryl methyl sites for hydroxylation is 2. The molecule has 0 aliphatic carbocycles. The zero-order valence-electron chi connectivity index (χ0n) is 8.63. The number of nitrogens with zero attached hydrogens (tertiary/aromatic N) is 1.